The third-order valence-corrected chi connectivity index (χ3v) is 5.78. The second-order valence-electron chi connectivity index (χ2n) is 7.18. The van der Waals surface area contributed by atoms with Crippen molar-refractivity contribution in [2.45, 2.75) is 26.2 Å². The first kappa shape index (κ1) is 21.3. The number of rotatable bonds is 4. The molecule has 2 amide bonds. The monoisotopic (exact) mass is 499 g/mol. The van der Waals surface area contributed by atoms with Crippen LogP contribution in [0.3, 0.4) is 0 Å². The minimum Gasteiger partial charge on any atom is -0.455 e. The van der Waals surface area contributed by atoms with Crippen LogP contribution >= 0.6 is 27.5 Å². The van der Waals surface area contributed by atoms with Crippen molar-refractivity contribution in [3.8, 4) is 0 Å². The normalized spacial score (nSPS) is 14.2. The van der Waals surface area contributed by atoms with E-state index in [2.05, 4.69) is 31.8 Å². The quantitative estimate of drug-likeness (QED) is 0.449. The molecule has 1 aliphatic carbocycles. The minimum atomic E-state index is -0.354. The Bertz CT molecular complexity index is 1190. The lowest BCUT2D eigenvalue weighted by Gasteiger charge is -2.13. The summed E-state index contributed by atoms with van der Waals surface area (Å²) >= 11 is 9.34. The van der Waals surface area contributed by atoms with Gasteiger partial charge in [-0.1, -0.05) is 33.6 Å². The van der Waals surface area contributed by atoms with Crippen molar-refractivity contribution >= 4 is 50.7 Å². The lowest BCUT2D eigenvalue weighted by Crippen LogP contribution is -2.22. The van der Waals surface area contributed by atoms with Gasteiger partial charge in [-0.25, -0.2) is 5.43 Å². The minimum absolute atomic E-state index is 0.235. The Hall–Kier alpha value is -2.90. The highest BCUT2D eigenvalue weighted by atomic mass is 79.9. The molecule has 1 heterocycles. The number of anilines is 1. The molecule has 3 aromatic rings. The van der Waals surface area contributed by atoms with E-state index in [1.54, 1.807) is 48.5 Å². The maximum Gasteiger partial charge on any atom is 0.291 e. The second-order valence-corrected chi connectivity index (χ2v) is 8.53. The summed E-state index contributed by atoms with van der Waals surface area (Å²) in [6.45, 7) is 1.83. The smallest absolute Gasteiger partial charge is 0.291 e. The van der Waals surface area contributed by atoms with Crippen molar-refractivity contribution in [1.82, 2.24) is 5.43 Å². The predicted octanol–water partition coefficient (Wildman–Crippen LogP) is 5.73. The van der Waals surface area contributed by atoms with Crippen molar-refractivity contribution in [2.75, 3.05) is 5.32 Å². The van der Waals surface area contributed by atoms with Gasteiger partial charge in [0.2, 0.25) is 0 Å². The van der Waals surface area contributed by atoms with Gasteiger partial charge < -0.3 is 9.73 Å². The number of hydrazone groups is 1. The van der Waals surface area contributed by atoms with E-state index >= 15 is 0 Å². The molecular formula is C23H19BrClN3O3. The average molecular weight is 501 g/mol. The van der Waals surface area contributed by atoms with Gasteiger partial charge in [0.05, 0.1) is 5.71 Å². The molecule has 4 rings (SSSR count). The van der Waals surface area contributed by atoms with Crippen LogP contribution < -0.4 is 10.7 Å². The van der Waals surface area contributed by atoms with Crippen molar-refractivity contribution in [2.24, 2.45) is 5.10 Å². The summed E-state index contributed by atoms with van der Waals surface area (Å²) in [6.07, 6.45) is 2.21. The number of amides is 2. The molecular weight excluding hydrogens is 482 g/mol. The number of carbonyl (C=O) groups excluding carboxylic acids is 2. The van der Waals surface area contributed by atoms with Gasteiger partial charge >= 0.3 is 0 Å². The highest BCUT2D eigenvalue weighted by Gasteiger charge is 2.28. The molecule has 0 bridgehead atoms. The topological polar surface area (TPSA) is 83.7 Å². The number of furan rings is 1. The average Bonchev–Trinajstić information content (AvgIpc) is 3.10. The summed E-state index contributed by atoms with van der Waals surface area (Å²) in [6, 6.07) is 13.9. The predicted molar refractivity (Wildman–Crippen MR) is 124 cm³/mol. The van der Waals surface area contributed by atoms with E-state index in [1.165, 1.54) is 0 Å². The number of benzene rings is 2. The van der Waals surface area contributed by atoms with Crippen LogP contribution in [0.4, 0.5) is 5.69 Å². The Morgan fingerprint density at radius 3 is 2.61 bits per heavy atom. The van der Waals surface area contributed by atoms with Crippen LogP contribution in [0, 0.1) is 6.92 Å². The highest BCUT2D eigenvalue weighted by molar-refractivity contribution is 9.10. The van der Waals surface area contributed by atoms with Gasteiger partial charge in [0.25, 0.3) is 11.8 Å². The van der Waals surface area contributed by atoms with Crippen molar-refractivity contribution in [1.29, 1.82) is 0 Å². The van der Waals surface area contributed by atoms with Crippen molar-refractivity contribution in [3.63, 3.8) is 0 Å². The van der Waals surface area contributed by atoms with Gasteiger partial charge in [0.15, 0.2) is 5.76 Å². The number of hydrogen-bond acceptors (Lipinski definition) is 4. The molecule has 158 valence electrons. The summed E-state index contributed by atoms with van der Waals surface area (Å²) in [4.78, 5) is 25.2. The standard InChI is InChI=1S/C23H19BrClN3O3/c1-13-20-18(27-28-22(29)14-8-10-15(24)11-9-14)6-3-7-19(20)31-21(13)23(30)26-17-5-2-4-16(25)12-17/h2,4-5,8-12H,3,6-7H2,1H3,(H,26,30)(H,28,29)/b27-18+. The second kappa shape index (κ2) is 9.08. The fourth-order valence-electron chi connectivity index (χ4n) is 3.53. The third-order valence-electron chi connectivity index (χ3n) is 5.01. The SMILES string of the molecule is Cc1c(C(=O)Nc2cccc(Cl)c2)oc2c1/C(=N/NC(=O)c1ccc(Br)cc1)CCC2. The summed E-state index contributed by atoms with van der Waals surface area (Å²) < 4.78 is 6.79. The molecule has 31 heavy (non-hydrogen) atoms. The molecule has 0 unspecified atom stereocenters. The largest absolute Gasteiger partial charge is 0.455 e. The van der Waals surface area contributed by atoms with Gasteiger partial charge in [-0.3, -0.25) is 9.59 Å². The number of hydrogen-bond donors (Lipinski definition) is 2. The Kier molecular flexibility index (Phi) is 6.25. The number of carbonyl (C=O) groups is 2. The number of halogens is 2. The van der Waals surface area contributed by atoms with E-state index in [0.29, 0.717) is 46.2 Å². The summed E-state index contributed by atoms with van der Waals surface area (Å²) in [5.74, 6) is 0.287. The molecule has 2 N–H and O–H groups in total. The van der Waals surface area contributed by atoms with Crippen LogP contribution in [0.5, 0.6) is 0 Å². The molecule has 0 spiro atoms. The Balaban J connectivity index is 1.56. The summed E-state index contributed by atoms with van der Waals surface area (Å²) in [7, 11) is 0. The third kappa shape index (κ3) is 4.73. The molecule has 0 saturated carbocycles. The lowest BCUT2D eigenvalue weighted by molar-refractivity contribution is 0.0953. The Morgan fingerprint density at radius 2 is 1.87 bits per heavy atom. The zero-order chi connectivity index (χ0) is 22.0. The summed E-state index contributed by atoms with van der Waals surface area (Å²) in [5, 5.41) is 7.69. The molecule has 8 heteroatoms. The number of nitrogens with zero attached hydrogens (tertiary/aromatic N) is 1. The number of nitrogens with one attached hydrogen (secondary N) is 2. The molecule has 1 aromatic heterocycles. The summed E-state index contributed by atoms with van der Waals surface area (Å²) in [5.41, 5.74) is 5.90. The zero-order valence-corrected chi connectivity index (χ0v) is 19.0. The first-order valence-corrected chi connectivity index (χ1v) is 10.9. The molecule has 0 aliphatic heterocycles. The van der Waals surface area contributed by atoms with E-state index in [9.17, 15) is 9.59 Å². The Morgan fingerprint density at radius 1 is 1.10 bits per heavy atom. The van der Waals surface area contributed by atoms with E-state index in [-0.39, 0.29) is 17.6 Å². The van der Waals surface area contributed by atoms with Gasteiger partial charge in [0.1, 0.15) is 5.76 Å². The van der Waals surface area contributed by atoms with Gasteiger partial charge in [-0.2, -0.15) is 5.10 Å². The van der Waals surface area contributed by atoms with Gasteiger partial charge in [-0.15, -0.1) is 0 Å². The molecule has 0 fully saturated rings. The fourth-order valence-corrected chi connectivity index (χ4v) is 3.99. The molecule has 2 aromatic carbocycles. The molecule has 0 atom stereocenters. The maximum atomic E-state index is 12.8. The Labute approximate surface area is 192 Å². The molecule has 0 saturated heterocycles. The van der Waals surface area contributed by atoms with Crippen LogP contribution in [0.1, 0.15) is 50.6 Å². The maximum absolute atomic E-state index is 12.8. The van der Waals surface area contributed by atoms with E-state index in [4.69, 9.17) is 16.0 Å². The molecule has 6 nitrogen and oxygen atoms in total. The number of aryl methyl sites for hydroxylation is 1. The van der Waals surface area contributed by atoms with Crippen LogP contribution in [0.15, 0.2) is 62.5 Å². The first-order valence-electron chi connectivity index (χ1n) is 9.74. The van der Waals surface area contributed by atoms with Crippen LogP contribution in [-0.2, 0) is 6.42 Å². The van der Waals surface area contributed by atoms with E-state index in [0.717, 1.165) is 16.5 Å². The van der Waals surface area contributed by atoms with Crippen LogP contribution in [0.25, 0.3) is 0 Å². The molecule has 0 radical (unpaired) electrons. The molecule has 1 aliphatic rings. The van der Waals surface area contributed by atoms with E-state index in [1.807, 2.05) is 6.92 Å². The highest BCUT2D eigenvalue weighted by Crippen LogP contribution is 2.30. The zero-order valence-electron chi connectivity index (χ0n) is 16.7. The van der Waals surface area contributed by atoms with Gasteiger partial charge in [-0.05, 0) is 62.2 Å². The lowest BCUT2D eigenvalue weighted by atomic mass is 9.93. The van der Waals surface area contributed by atoms with Crippen molar-refractivity contribution in [3.05, 3.63) is 86.2 Å². The number of fused-ring (bicyclic) bond motifs is 1. The van der Waals surface area contributed by atoms with Crippen LogP contribution in [0.2, 0.25) is 5.02 Å². The van der Waals surface area contributed by atoms with Crippen molar-refractivity contribution < 1.29 is 14.0 Å². The fraction of sp³-hybridized carbons (Fsp3) is 0.174. The van der Waals surface area contributed by atoms with E-state index < -0.39 is 0 Å². The van der Waals surface area contributed by atoms with Gasteiger partial charge in [0, 0.05) is 38.3 Å². The first-order chi connectivity index (χ1) is 14.9. The van der Waals surface area contributed by atoms with Crippen LogP contribution in [-0.4, -0.2) is 17.5 Å².